The van der Waals surface area contributed by atoms with Crippen molar-refractivity contribution in [2.24, 2.45) is 10.7 Å². The molecule has 0 saturated carbocycles. The predicted molar refractivity (Wildman–Crippen MR) is 26.7 cm³/mol. The lowest BCUT2D eigenvalue weighted by atomic mass is 10.4. The Bertz CT molecular complexity index is 99.9. The van der Waals surface area contributed by atoms with E-state index in [1.54, 1.807) is 0 Å². The molecule has 1 heterocycles. The van der Waals surface area contributed by atoms with Crippen LogP contribution in [0.5, 0.6) is 0 Å². The topological polar surface area (TPSA) is 47.6 Å². The van der Waals surface area contributed by atoms with Gasteiger partial charge < -0.3 is 10.5 Å². The molecular formula is C4H7N2O. The molecule has 0 fully saturated rings. The van der Waals surface area contributed by atoms with E-state index in [1.165, 1.54) is 0 Å². The normalized spacial score (nSPS) is 29.3. The van der Waals surface area contributed by atoms with Gasteiger partial charge in [0.25, 0.3) is 6.02 Å². The van der Waals surface area contributed by atoms with Crippen molar-refractivity contribution in [3.63, 3.8) is 0 Å². The van der Waals surface area contributed by atoms with Crippen molar-refractivity contribution in [2.45, 2.75) is 6.04 Å². The maximum atomic E-state index is 5.11. The second kappa shape index (κ2) is 1.40. The lowest BCUT2D eigenvalue weighted by Crippen LogP contribution is -2.10. The summed E-state index contributed by atoms with van der Waals surface area (Å²) in [6.07, 6.45) is 0. The van der Waals surface area contributed by atoms with E-state index >= 15 is 0 Å². The van der Waals surface area contributed by atoms with Crippen LogP contribution in [0.4, 0.5) is 0 Å². The molecule has 1 unspecified atom stereocenters. The average Bonchev–Trinajstić information content (AvgIpc) is 1.87. The van der Waals surface area contributed by atoms with E-state index in [-0.39, 0.29) is 12.1 Å². The molecule has 0 aromatic carbocycles. The summed E-state index contributed by atoms with van der Waals surface area (Å²) in [7, 11) is 0. The molecule has 1 radical (unpaired) electrons. The summed E-state index contributed by atoms with van der Waals surface area (Å²) in [5.41, 5.74) is 5.11. The molecule has 0 aromatic heterocycles. The SMILES string of the molecule is [CH2]C1COC(N)=N1. The lowest BCUT2D eigenvalue weighted by Gasteiger charge is -1.89. The molecule has 0 aromatic rings. The number of amidine groups is 1. The number of hydrogen-bond donors (Lipinski definition) is 1. The van der Waals surface area contributed by atoms with Crippen LogP contribution >= 0.6 is 0 Å². The zero-order valence-electron chi connectivity index (χ0n) is 3.92. The molecule has 2 N–H and O–H groups in total. The summed E-state index contributed by atoms with van der Waals surface area (Å²) in [5, 5.41) is 0. The molecule has 0 bridgehead atoms. The van der Waals surface area contributed by atoms with E-state index in [4.69, 9.17) is 10.5 Å². The van der Waals surface area contributed by atoms with Crippen LogP contribution in [-0.2, 0) is 4.74 Å². The minimum absolute atomic E-state index is 0.0139. The van der Waals surface area contributed by atoms with Gasteiger partial charge in [-0.25, -0.2) is 4.99 Å². The fraction of sp³-hybridized carbons (Fsp3) is 0.500. The molecule has 1 rings (SSSR count). The fourth-order valence-corrected chi connectivity index (χ4v) is 0.436. The van der Waals surface area contributed by atoms with Crippen LogP contribution in [0.1, 0.15) is 0 Å². The van der Waals surface area contributed by atoms with Crippen molar-refractivity contribution in [2.75, 3.05) is 6.61 Å². The van der Waals surface area contributed by atoms with E-state index in [0.29, 0.717) is 6.61 Å². The van der Waals surface area contributed by atoms with Crippen LogP contribution < -0.4 is 5.73 Å². The van der Waals surface area contributed by atoms with Crippen LogP contribution in [0.3, 0.4) is 0 Å². The van der Waals surface area contributed by atoms with Gasteiger partial charge in [-0.05, 0) is 6.92 Å². The molecule has 0 amide bonds. The molecule has 7 heavy (non-hydrogen) atoms. The highest BCUT2D eigenvalue weighted by Gasteiger charge is 2.09. The van der Waals surface area contributed by atoms with Gasteiger partial charge in [0.1, 0.15) is 6.61 Å². The highest BCUT2D eigenvalue weighted by molar-refractivity contribution is 5.73. The highest BCUT2D eigenvalue weighted by atomic mass is 16.5. The molecule has 0 saturated heterocycles. The van der Waals surface area contributed by atoms with Gasteiger partial charge in [-0.15, -0.1) is 0 Å². The van der Waals surface area contributed by atoms with Crippen LogP contribution in [-0.4, -0.2) is 18.7 Å². The molecule has 39 valence electrons. The molecule has 3 nitrogen and oxygen atoms in total. The Morgan fingerprint density at radius 1 is 2.00 bits per heavy atom. The highest BCUT2D eigenvalue weighted by Crippen LogP contribution is 1.97. The minimum Gasteiger partial charge on any atom is -0.463 e. The van der Waals surface area contributed by atoms with Gasteiger partial charge in [-0.1, -0.05) is 0 Å². The Morgan fingerprint density at radius 3 is 2.86 bits per heavy atom. The summed E-state index contributed by atoms with van der Waals surface area (Å²) >= 11 is 0. The van der Waals surface area contributed by atoms with Gasteiger partial charge in [0.05, 0.1) is 6.04 Å². The minimum atomic E-state index is 0.0139. The van der Waals surface area contributed by atoms with Crippen LogP contribution in [0, 0.1) is 6.92 Å². The number of rotatable bonds is 0. The number of hydrogen-bond acceptors (Lipinski definition) is 3. The monoisotopic (exact) mass is 99.1 g/mol. The summed E-state index contributed by atoms with van der Waals surface area (Å²) in [5.74, 6) is 0. The number of ether oxygens (including phenoxy) is 1. The number of nitrogens with zero attached hydrogens (tertiary/aromatic N) is 1. The Hall–Kier alpha value is -0.730. The molecule has 0 spiro atoms. The van der Waals surface area contributed by atoms with Gasteiger partial charge in [0.2, 0.25) is 0 Å². The van der Waals surface area contributed by atoms with E-state index in [0.717, 1.165) is 0 Å². The van der Waals surface area contributed by atoms with Crippen molar-refractivity contribution in [1.82, 2.24) is 0 Å². The molecule has 1 atom stereocenters. The van der Waals surface area contributed by atoms with Gasteiger partial charge in [-0.3, -0.25) is 0 Å². The Labute approximate surface area is 42.2 Å². The summed E-state index contributed by atoms with van der Waals surface area (Å²) in [6, 6.07) is 0.278. The van der Waals surface area contributed by atoms with Crippen molar-refractivity contribution < 1.29 is 4.74 Å². The fourth-order valence-electron chi connectivity index (χ4n) is 0.436. The molecule has 1 aliphatic rings. The van der Waals surface area contributed by atoms with Gasteiger partial charge in [0.15, 0.2) is 0 Å². The largest absolute Gasteiger partial charge is 0.463 e. The zero-order chi connectivity index (χ0) is 5.28. The average molecular weight is 99.1 g/mol. The summed E-state index contributed by atoms with van der Waals surface area (Å²) < 4.78 is 4.73. The third kappa shape index (κ3) is 0.824. The van der Waals surface area contributed by atoms with Crippen LogP contribution in [0.15, 0.2) is 4.99 Å². The second-order valence-electron chi connectivity index (χ2n) is 1.43. The molecule has 1 aliphatic heterocycles. The zero-order valence-corrected chi connectivity index (χ0v) is 3.92. The standard InChI is InChI=1S/C4H7N2O/c1-3-2-7-4(5)6-3/h3H,1-2H2,(H2,5,6). The van der Waals surface area contributed by atoms with Gasteiger partial charge in [-0.2, -0.15) is 0 Å². The van der Waals surface area contributed by atoms with E-state index in [9.17, 15) is 0 Å². The maximum Gasteiger partial charge on any atom is 0.282 e. The first-order valence-electron chi connectivity index (χ1n) is 2.08. The summed E-state index contributed by atoms with van der Waals surface area (Å²) in [4.78, 5) is 3.75. The first kappa shape index (κ1) is 4.43. The van der Waals surface area contributed by atoms with E-state index in [1.807, 2.05) is 0 Å². The van der Waals surface area contributed by atoms with E-state index in [2.05, 4.69) is 11.9 Å². The second-order valence-corrected chi connectivity index (χ2v) is 1.43. The Morgan fingerprint density at radius 2 is 2.71 bits per heavy atom. The van der Waals surface area contributed by atoms with Gasteiger partial charge in [0, 0.05) is 0 Å². The van der Waals surface area contributed by atoms with Crippen LogP contribution in [0.25, 0.3) is 0 Å². The van der Waals surface area contributed by atoms with Gasteiger partial charge >= 0.3 is 0 Å². The van der Waals surface area contributed by atoms with Crippen molar-refractivity contribution in [3.8, 4) is 0 Å². The quantitative estimate of drug-likeness (QED) is 0.446. The van der Waals surface area contributed by atoms with E-state index < -0.39 is 0 Å². The molecule has 0 aliphatic carbocycles. The Balaban J connectivity index is 2.50. The first-order chi connectivity index (χ1) is 3.29. The third-order valence-corrected chi connectivity index (χ3v) is 0.733. The van der Waals surface area contributed by atoms with Crippen molar-refractivity contribution >= 4 is 6.02 Å². The van der Waals surface area contributed by atoms with Crippen LogP contribution in [0.2, 0.25) is 0 Å². The van der Waals surface area contributed by atoms with Crippen molar-refractivity contribution in [1.29, 1.82) is 0 Å². The first-order valence-corrected chi connectivity index (χ1v) is 2.08. The predicted octanol–water partition coefficient (Wildman–Crippen LogP) is -0.466. The maximum absolute atomic E-state index is 5.11. The molecular weight excluding hydrogens is 92.1 g/mol. The Kier molecular flexibility index (Phi) is 0.889. The summed E-state index contributed by atoms with van der Waals surface area (Å²) in [6.45, 7) is 4.13. The number of nitrogens with two attached hydrogens (primary N) is 1. The third-order valence-electron chi connectivity index (χ3n) is 0.733. The lowest BCUT2D eigenvalue weighted by molar-refractivity contribution is 0.326. The number of aliphatic imine (C=N–C) groups is 1. The smallest absolute Gasteiger partial charge is 0.282 e. The van der Waals surface area contributed by atoms with Crippen molar-refractivity contribution in [3.05, 3.63) is 6.92 Å². The molecule has 3 heteroatoms.